The van der Waals surface area contributed by atoms with Crippen molar-refractivity contribution in [3.8, 4) is 0 Å². The SMILES string of the molecule is CC(CCC(C)NC1CCS(=O)(=O)CC1)NCCN1CCCC1. The van der Waals surface area contributed by atoms with Crippen molar-refractivity contribution >= 4 is 9.84 Å². The predicted octanol–water partition coefficient (Wildman–Crippen LogP) is 1.40. The van der Waals surface area contributed by atoms with Gasteiger partial charge in [-0.1, -0.05) is 0 Å². The Morgan fingerprint density at radius 3 is 2.30 bits per heavy atom. The molecule has 0 aromatic rings. The monoisotopic (exact) mass is 345 g/mol. The second kappa shape index (κ2) is 9.35. The van der Waals surface area contributed by atoms with Crippen LogP contribution in [0.15, 0.2) is 0 Å². The lowest BCUT2D eigenvalue weighted by Gasteiger charge is -2.27. The lowest BCUT2D eigenvalue weighted by molar-refractivity contribution is 0.322. The van der Waals surface area contributed by atoms with Gasteiger partial charge in [0.05, 0.1) is 11.5 Å². The third kappa shape index (κ3) is 7.50. The fraction of sp³-hybridized carbons (Fsp3) is 1.00. The molecule has 2 aliphatic rings. The quantitative estimate of drug-likeness (QED) is 0.661. The third-order valence-electron chi connectivity index (χ3n) is 5.23. The summed E-state index contributed by atoms with van der Waals surface area (Å²) in [5.74, 6) is 0.706. The van der Waals surface area contributed by atoms with Gasteiger partial charge in [-0.15, -0.1) is 0 Å². The number of nitrogens with one attached hydrogen (secondary N) is 2. The van der Waals surface area contributed by atoms with Gasteiger partial charge in [0.1, 0.15) is 9.84 Å². The molecule has 0 saturated carbocycles. The van der Waals surface area contributed by atoms with Crippen LogP contribution in [0, 0.1) is 0 Å². The lowest BCUT2D eigenvalue weighted by Crippen LogP contribution is -2.42. The second-order valence-electron chi connectivity index (χ2n) is 7.48. The van der Waals surface area contributed by atoms with E-state index in [0.717, 1.165) is 25.8 Å². The topological polar surface area (TPSA) is 61.4 Å². The molecule has 0 amide bonds. The van der Waals surface area contributed by atoms with Gasteiger partial charge in [-0.25, -0.2) is 8.42 Å². The van der Waals surface area contributed by atoms with Crippen molar-refractivity contribution in [2.45, 2.75) is 70.5 Å². The molecule has 136 valence electrons. The molecule has 0 spiro atoms. The van der Waals surface area contributed by atoms with E-state index in [1.54, 1.807) is 0 Å². The summed E-state index contributed by atoms with van der Waals surface area (Å²) in [6.45, 7) is 9.30. The molecule has 2 aliphatic heterocycles. The molecule has 2 saturated heterocycles. The first kappa shape index (κ1) is 19.2. The molecule has 6 heteroatoms. The van der Waals surface area contributed by atoms with Gasteiger partial charge in [0.15, 0.2) is 0 Å². The van der Waals surface area contributed by atoms with E-state index < -0.39 is 9.84 Å². The largest absolute Gasteiger partial charge is 0.313 e. The van der Waals surface area contributed by atoms with Crippen molar-refractivity contribution in [2.24, 2.45) is 0 Å². The first-order chi connectivity index (χ1) is 10.9. The van der Waals surface area contributed by atoms with E-state index in [2.05, 4.69) is 29.4 Å². The van der Waals surface area contributed by atoms with Gasteiger partial charge in [-0.05, 0) is 65.5 Å². The highest BCUT2D eigenvalue weighted by atomic mass is 32.2. The van der Waals surface area contributed by atoms with Gasteiger partial charge in [0.2, 0.25) is 0 Å². The number of nitrogens with zero attached hydrogens (tertiary/aromatic N) is 1. The summed E-state index contributed by atoms with van der Waals surface area (Å²) < 4.78 is 22.9. The van der Waals surface area contributed by atoms with E-state index in [4.69, 9.17) is 0 Å². The fourth-order valence-electron chi connectivity index (χ4n) is 3.62. The Bertz CT molecular complexity index is 421. The van der Waals surface area contributed by atoms with Crippen LogP contribution in [0.3, 0.4) is 0 Å². The van der Waals surface area contributed by atoms with Crippen LogP contribution in [0.5, 0.6) is 0 Å². The van der Waals surface area contributed by atoms with Crippen molar-refractivity contribution in [3.63, 3.8) is 0 Å². The summed E-state index contributed by atoms with van der Waals surface area (Å²) in [4.78, 5) is 2.54. The molecule has 2 atom stereocenters. The molecule has 0 bridgehead atoms. The van der Waals surface area contributed by atoms with Gasteiger partial charge in [-0.2, -0.15) is 0 Å². The van der Waals surface area contributed by atoms with Crippen LogP contribution in [0.2, 0.25) is 0 Å². The Balaban J connectivity index is 1.52. The molecule has 2 unspecified atom stereocenters. The molecule has 0 aliphatic carbocycles. The van der Waals surface area contributed by atoms with E-state index in [9.17, 15) is 8.42 Å². The summed E-state index contributed by atoms with van der Waals surface area (Å²) in [6.07, 6.45) is 6.58. The zero-order valence-electron chi connectivity index (χ0n) is 14.9. The Morgan fingerprint density at radius 1 is 1.04 bits per heavy atom. The summed E-state index contributed by atoms with van der Waals surface area (Å²) in [5.41, 5.74) is 0. The Hall–Kier alpha value is -0.170. The summed E-state index contributed by atoms with van der Waals surface area (Å²) in [5, 5.41) is 7.24. The minimum absolute atomic E-state index is 0.353. The third-order valence-corrected chi connectivity index (χ3v) is 6.94. The highest BCUT2D eigenvalue weighted by Crippen LogP contribution is 2.14. The van der Waals surface area contributed by atoms with Gasteiger partial charge in [-0.3, -0.25) is 0 Å². The van der Waals surface area contributed by atoms with E-state index in [0.29, 0.717) is 29.6 Å². The van der Waals surface area contributed by atoms with E-state index >= 15 is 0 Å². The van der Waals surface area contributed by atoms with Crippen molar-refractivity contribution in [3.05, 3.63) is 0 Å². The standard InChI is InChI=1S/C17H35N3O2S/c1-15(18-9-12-20-10-3-4-11-20)5-6-16(2)19-17-7-13-23(21,22)14-8-17/h15-19H,3-14H2,1-2H3. The van der Waals surface area contributed by atoms with Crippen LogP contribution >= 0.6 is 0 Å². The zero-order valence-corrected chi connectivity index (χ0v) is 15.7. The predicted molar refractivity (Wildman–Crippen MR) is 96.6 cm³/mol. The van der Waals surface area contributed by atoms with Gasteiger partial charge < -0.3 is 15.5 Å². The summed E-state index contributed by atoms with van der Waals surface area (Å²) in [7, 11) is -2.75. The number of sulfone groups is 1. The highest BCUT2D eigenvalue weighted by molar-refractivity contribution is 7.91. The molecule has 2 fully saturated rings. The lowest BCUT2D eigenvalue weighted by atomic mass is 10.1. The molecule has 0 aromatic heterocycles. The van der Waals surface area contributed by atoms with Crippen LogP contribution in [0.1, 0.15) is 52.4 Å². The van der Waals surface area contributed by atoms with Crippen molar-refractivity contribution in [1.82, 2.24) is 15.5 Å². The average Bonchev–Trinajstić information content (AvgIpc) is 3.01. The summed E-state index contributed by atoms with van der Waals surface area (Å²) >= 11 is 0. The highest BCUT2D eigenvalue weighted by Gasteiger charge is 2.24. The molecule has 2 rings (SSSR count). The van der Waals surface area contributed by atoms with Crippen LogP contribution in [-0.2, 0) is 9.84 Å². The first-order valence-electron chi connectivity index (χ1n) is 9.37. The van der Waals surface area contributed by atoms with Crippen molar-refractivity contribution < 1.29 is 8.42 Å². The minimum atomic E-state index is -2.75. The number of hydrogen-bond acceptors (Lipinski definition) is 5. The average molecular weight is 346 g/mol. The maximum Gasteiger partial charge on any atom is 0.150 e. The first-order valence-corrected chi connectivity index (χ1v) is 11.2. The zero-order chi connectivity index (χ0) is 16.7. The van der Waals surface area contributed by atoms with E-state index in [-0.39, 0.29) is 0 Å². The Kier molecular flexibility index (Phi) is 7.79. The van der Waals surface area contributed by atoms with Crippen molar-refractivity contribution in [1.29, 1.82) is 0 Å². The van der Waals surface area contributed by atoms with Gasteiger partial charge >= 0.3 is 0 Å². The number of hydrogen-bond donors (Lipinski definition) is 2. The number of rotatable bonds is 9. The maximum atomic E-state index is 11.5. The minimum Gasteiger partial charge on any atom is -0.313 e. The molecular weight excluding hydrogens is 310 g/mol. The van der Waals surface area contributed by atoms with Gasteiger partial charge in [0, 0.05) is 31.2 Å². The molecule has 0 aromatic carbocycles. The fourth-order valence-corrected chi connectivity index (χ4v) is 5.11. The van der Waals surface area contributed by atoms with Crippen molar-refractivity contribution in [2.75, 3.05) is 37.7 Å². The molecule has 23 heavy (non-hydrogen) atoms. The molecule has 2 heterocycles. The molecule has 2 N–H and O–H groups in total. The molecular formula is C17H35N3O2S. The smallest absolute Gasteiger partial charge is 0.150 e. The molecule has 0 radical (unpaired) electrons. The number of likely N-dealkylation sites (tertiary alicyclic amines) is 1. The van der Waals surface area contributed by atoms with E-state index in [1.165, 1.54) is 38.9 Å². The van der Waals surface area contributed by atoms with Crippen LogP contribution in [0.25, 0.3) is 0 Å². The normalized spacial score (nSPS) is 25.5. The maximum absolute atomic E-state index is 11.5. The van der Waals surface area contributed by atoms with Crippen LogP contribution in [-0.4, -0.2) is 69.1 Å². The molecule has 5 nitrogen and oxygen atoms in total. The van der Waals surface area contributed by atoms with E-state index in [1.807, 2.05) is 0 Å². The van der Waals surface area contributed by atoms with Crippen LogP contribution < -0.4 is 10.6 Å². The van der Waals surface area contributed by atoms with Crippen LogP contribution in [0.4, 0.5) is 0 Å². The Labute approximate surface area is 142 Å². The Morgan fingerprint density at radius 2 is 1.65 bits per heavy atom. The summed E-state index contributed by atoms with van der Waals surface area (Å²) in [6, 6.07) is 1.39. The second-order valence-corrected chi connectivity index (χ2v) is 9.78. The van der Waals surface area contributed by atoms with Gasteiger partial charge in [0.25, 0.3) is 0 Å².